The SMILES string of the molecule is COc1c(Cl)cccc1C1=CC2(C(=O)OC(C)(C)C)CCC1(N)CC2. The van der Waals surface area contributed by atoms with Gasteiger partial charge >= 0.3 is 5.97 Å². The molecule has 0 saturated heterocycles. The van der Waals surface area contributed by atoms with Crippen molar-refractivity contribution in [1.82, 2.24) is 0 Å². The van der Waals surface area contributed by atoms with Gasteiger partial charge in [0, 0.05) is 11.1 Å². The van der Waals surface area contributed by atoms with Crippen molar-refractivity contribution in [2.24, 2.45) is 11.1 Å². The van der Waals surface area contributed by atoms with Crippen LogP contribution in [0.5, 0.6) is 5.75 Å². The number of carbonyl (C=O) groups excluding carboxylic acids is 1. The molecule has 1 aromatic carbocycles. The molecule has 0 unspecified atom stereocenters. The van der Waals surface area contributed by atoms with Crippen molar-refractivity contribution in [3.8, 4) is 5.75 Å². The van der Waals surface area contributed by atoms with E-state index >= 15 is 0 Å². The van der Waals surface area contributed by atoms with Gasteiger partial charge in [-0.1, -0.05) is 29.8 Å². The second-order valence-electron chi connectivity index (χ2n) is 8.19. The van der Waals surface area contributed by atoms with Crippen LogP contribution in [0.3, 0.4) is 0 Å². The van der Waals surface area contributed by atoms with E-state index in [2.05, 4.69) is 0 Å². The molecule has 0 heterocycles. The van der Waals surface area contributed by atoms with E-state index in [-0.39, 0.29) is 5.97 Å². The minimum atomic E-state index is -0.614. The zero-order valence-corrected chi connectivity index (χ0v) is 16.1. The molecule has 0 radical (unpaired) electrons. The first-order valence-electron chi connectivity index (χ1n) is 8.69. The van der Waals surface area contributed by atoms with Crippen molar-refractivity contribution in [3.63, 3.8) is 0 Å². The summed E-state index contributed by atoms with van der Waals surface area (Å²) in [5.74, 6) is 0.437. The lowest BCUT2D eigenvalue weighted by atomic mass is 9.57. The van der Waals surface area contributed by atoms with Gasteiger partial charge in [0.1, 0.15) is 11.4 Å². The summed E-state index contributed by atoms with van der Waals surface area (Å²) < 4.78 is 11.2. The molecule has 4 rings (SSSR count). The van der Waals surface area contributed by atoms with E-state index in [1.54, 1.807) is 13.2 Å². The Kier molecular flexibility index (Phi) is 4.41. The topological polar surface area (TPSA) is 61.5 Å². The number of hydrogen-bond donors (Lipinski definition) is 1. The Bertz CT molecular complexity index is 725. The van der Waals surface area contributed by atoms with E-state index in [1.807, 2.05) is 39.0 Å². The molecule has 2 N–H and O–H groups in total. The molecule has 136 valence electrons. The first-order chi connectivity index (χ1) is 11.6. The van der Waals surface area contributed by atoms with Crippen molar-refractivity contribution in [1.29, 1.82) is 0 Å². The molecule has 5 heteroatoms. The highest BCUT2D eigenvalue weighted by Gasteiger charge is 2.53. The van der Waals surface area contributed by atoms with Crippen LogP contribution in [-0.4, -0.2) is 24.2 Å². The Labute approximate surface area is 154 Å². The fourth-order valence-corrected chi connectivity index (χ4v) is 4.14. The molecule has 3 aliphatic rings. The molecular weight excluding hydrogens is 338 g/mol. The number of para-hydroxylation sites is 1. The van der Waals surface area contributed by atoms with Crippen molar-refractivity contribution in [2.75, 3.05) is 7.11 Å². The molecule has 0 aromatic heterocycles. The number of halogens is 1. The van der Waals surface area contributed by atoms with Gasteiger partial charge in [0.25, 0.3) is 0 Å². The lowest BCUT2D eigenvalue weighted by molar-refractivity contribution is -0.167. The number of esters is 1. The van der Waals surface area contributed by atoms with E-state index < -0.39 is 16.6 Å². The van der Waals surface area contributed by atoms with Crippen molar-refractivity contribution in [2.45, 2.75) is 57.6 Å². The second-order valence-corrected chi connectivity index (χ2v) is 8.60. The van der Waals surface area contributed by atoms with Gasteiger partial charge in [-0.2, -0.15) is 0 Å². The van der Waals surface area contributed by atoms with Gasteiger partial charge < -0.3 is 15.2 Å². The summed E-state index contributed by atoms with van der Waals surface area (Å²) in [7, 11) is 1.60. The summed E-state index contributed by atoms with van der Waals surface area (Å²) in [4.78, 5) is 12.9. The zero-order valence-electron chi connectivity index (χ0n) is 15.3. The predicted octanol–water partition coefficient (Wildman–Crippen LogP) is 4.35. The summed E-state index contributed by atoms with van der Waals surface area (Å²) >= 11 is 6.30. The number of hydrogen-bond acceptors (Lipinski definition) is 4. The van der Waals surface area contributed by atoms with Crippen molar-refractivity contribution < 1.29 is 14.3 Å². The van der Waals surface area contributed by atoms with Gasteiger partial charge in [0.15, 0.2) is 0 Å². The quantitative estimate of drug-likeness (QED) is 0.811. The number of nitrogens with two attached hydrogens (primary N) is 1. The smallest absolute Gasteiger partial charge is 0.316 e. The summed E-state index contributed by atoms with van der Waals surface area (Å²) in [6.07, 6.45) is 4.93. The standard InChI is InChI=1S/C20H26ClNO3/c1-18(2,3)25-17(23)19-8-10-20(22,11-9-19)14(12-19)13-6-5-7-15(21)16(13)24-4/h5-7,12H,8-11,22H2,1-4H3. The first kappa shape index (κ1) is 18.3. The molecule has 1 aromatic rings. The normalized spacial score (nSPS) is 28.5. The molecule has 1 fully saturated rings. The maximum absolute atomic E-state index is 12.9. The number of ether oxygens (including phenoxy) is 2. The Morgan fingerprint density at radius 2 is 1.84 bits per heavy atom. The van der Waals surface area contributed by atoms with Crippen LogP contribution in [0.15, 0.2) is 24.3 Å². The molecule has 0 spiro atoms. The molecule has 4 nitrogen and oxygen atoms in total. The largest absolute Gasteiger partial charge is 0.495 e. The minimum Gasteiger partial charge on any atom is -0.495 e. The van der Waals surface area contributed by atoms with E-state index in [0.29, 0.717) is 23.6 Å². The number of fused-ring (bicyclic) bond motifs is 2. The van der Waals surface area contributed by atoms with Gasteiger partial charge in [-0.05, 0) is 58.1 Å². The maximum Gasteiger partial charge on any atom is 0.316 e. The summed E-state index contributed by atoms with van der Waals surface area (Å²) in [6, 6.07) is 5.62. The highest BCUT2D eigenvalue weighted by molar-refractivity contribution is 6.32. The van der Waals surface area contributed by atoms with Crippen molar-refractivity contribution in [3.05, 3.63) is 34.9 Å². The summed E-state index contributed by atoms with van der Waals surface area (Å²) in [5, 5.41) is 0.539. The molecule has 0 atom stereocenters. The monoisotopic (exact) mass is 363 g/mol. The van der Waals surface area contributed by atoms with Gasteiger partial charge in [-0.15, -0.1) is 0 Å². The first-order valence-corrected chi connectivity index (χ1v) is 9.07. The van der Waals surface area contributed by atoms with E-state index in [1.165, 1.54) is 0 Å². The highest BCUT2D eigenvalue weighted by Crippen LogP contribution is 2.55. The van der Waals surface area contributed by atoms with Crippen LogP contribution in [-0.2, 0) is 9.53 Å². The predicted molar refractivity (Wildman–Crippen MR) is 99.6 cm³/mol. The van der Waals surface area contributed by atoms with Crippen molar-refractivity contribution >= 4 is 23.1 Å². The lowest BCUT2D eigenvalue weighted by Crippen LogP contribution is -2.54. The highest BCUT2D eigenvalue weighted by atomic mass is 35.5. The number of methoxy groups -OCH3 is 1. The Morgan fingerprint density at radius 3 is 2.40 bits per heavy atom. The molecule has 25 heavy (non-hydrogen) atoms. The van der Waals surface area contributed by atoms with E-state index in [9.17, 15) is 4.79 Å². The van der Waals surface area contributed by atoms with Crippen LogP contribution >= 0.6 is 11.6 Å². The zero-order chi connectivity index (χ0) is 18.5. The third kappa shape index (κ3) is 3.18. The fourth-order valence-electron chi connectivity index (χ4n) is 3.89. The maximum atomic E-state index is 12.9. The van der Waals surface area contributed by atoms with Gasteiger partial charge in [0.2, 0.25) is 0 Å². The third-order valence-electron chi connectivity index (χ3n) is 5.26. The Morgan fingerprint density at radius 1 is 1.20 bits per heavy atom. The summed E-state index contributed by atoms with van der Waals surface area (Å²) in [5.41, 5.74) is 6.94. The Hall–Kier alpha value is -1.52. The van der Waals surface area contributed by atoms with Crippen LogP contribution in [0, 0.1) is 5.41 Å². The molecular formula is C20H26ClNO3. The van der Waals surface area contributed by atoms with Gasteiger partial charge in [0.05, 0.1) is 17.5 Å². The van der Waals surface area contributed by atoms with E-state index in [4.69, 9.17) is 26.8 Å². The number of benzene rings is 1. The fraction of sp³-hybridized carbons (Fsp3) is 0.550. The van der Waals surface area contributed by atoms with Gasteiger partial charge in [-0.3, -0.25) is 4.79 Å². The lowest BCUT2D eigenvalue weighted by Gasteiger charge is -2.49. The average Bonchev–Trinajstić information content (AvgIpc) is 2.53. The third-order valence-corrected chi connectivity index (χ3v) is 5.56. The van der Waals surface area contributed by atoms with Crippen LogP contribution < -0.4 is 10.5 Å². The average molecular weight is 364 g/mol. The van der Waals surface area contributed by atoms with Crippen LogP contribution in [0.4, 0.5) is 0 Å². The minimum absolute atomic E-state index is 0.166. The molecule has 1 saturated carbocycles. The summed E-state index contributed by atoms with van der Waals surface area (Å²) in [6.45, 7) is 5.68. The van der Waals surface area contributed by atoms with Crippen LogP contribution in [0.2, 0.25) is 5.02 Å². The molecule has 0 amide bonds. The van der Waals surface area contributed by atoms with Gasteiger partial charge in [-0.25, -0.2) is 0 Å². The molecule has 3 aliphatic carbocycles. The van der Waals surface area contributed by atoms with Crippen LogP contribution in [0.1, 0.15) is 52.0 Å². The Balaban J connectivity index is 2.09. The second kappa shape index (κ2) is 6.03. The van der Waals surface area contributed by atoms with Crippen LogP contribution in [0.25, 0.3) is 5.57 Å². The van der Waals surface area contributed by atoms with E-state index in [0.717, 1.165) is 24.0 Å². The molecule has 2 bridgehead atoms. The number of rotatable bonds is 3. The number of carbonyl (C=O) groups is 1. The molecule has 0 aliphatic heterocycles.